The molecule has 6 rings (SSSR count). The largest absolute Gasteiger partial charge is 0.464 e. The summed E-state index contributed by atoms with van der Waals surface area (Å²) in [5.74, 6) is -6.20. The summed E-state index contributed by atoms with van der Waals surface area (Å²) in [5, 5.41) is 1.32. The summed E-state index contributed by atoms with van der Waals surface area (Å²) < 4.78 is 245. The number of esters is 2. The second-order valence-electron chi connectivity index (χ2n) is 37.0. The molecule has 46 heteroatoms. The van der Waals surface area contributed by atoms with Crippen LogP contribution in [0.4, 0.5) is 48.3 Å². The van der Waals surface area contributed by atoms with Gasteiger partial charge in [-0.25, -0.2) is 128 Å². The molecule has 0 aliphatic carbocycles. The van der Waals surface area contributed by atoms with Crippen LogP contribution in [-0.4, -0.2) is 159 Å². The van der Waals surface area contributed by atoms with E-state index in [1.165, 1.54) is 77.9 Å². The third-order valence-corrected chi connectivity index (χ3v) is 43.6. The zero-order valence-electron chi connectivity index (χ0n) is 82.2. The van der Waals surface area contributed by atoms with Gasteiger partial charge in [-0.15, -0.1) is 13.2 Å². The highest BCUT2D eigenvalue weighted by molar-refractivity contribution is 9.11. The van der Waals surface area contributed by atoms with Crippen LogP contribution in [0, 0.1) is 34.9 Å². The summed E-state index contributed by atoms with van der Waals surface area (Å²) in [4.78, 5) is 59.3. The number of hydrogen-bond acceptors (Lipinski definition) is 17. The van der Waals surface area contributed by atoms with Gasteiger partial charge in [0.05, 0.1) is 108 Å². The van der Waals surface area contributed by atoms with Crippen molar-refractivity contribution in [2.24, 2.45) is 10.1 Å². The Morgan fingerprint density at radius 2 is 0.676 bits per heavy atom. The van der Waals surface area contributed by atoms with E-state index in [1.54, 1.807) is 103 Å². The van der Waals surface area contributed by atoms with Crippen molar-refractivity contribution in [1.29, 1.82) is 0 Å². The minimum Gasteiger partial charge on any atom is -0.464 e. The Morgan fingerprint density at radius 3 is 0.963 bits per heavy atom. The summed E-state index contributed by atoms with van der Waals surface area (Å²) in [6, 6.07) is 19.0. The van der Waals surface area contributed by atoms with Gasteiger partial charge in [0.2, 0.25) is 12.3 Å². The molecular formula is C90H131Br6F11N12O10S5Si2. The highest BCUT2D eigenvalue weighted by Crippen LogP contribution is 2.39. The van der Waals surface area contributed by atoms with Crippen molar-refractivity contribution in [3.63, 3.8) is 0 Å². The Kier molecular flexibility index (Phi) is 52.1. The molecule has 0 amide bonds. The molecular weight excluding hydrogens is 2310 g/mol. The van der Waals surface area contributed by atoms with Crippen molar-refractivity contribution >= 4 is 201 Å². The van der Waals surface area contributed by atoms with Crippen LogP contribution in [0.2, 0.25) is 36.3 Å². The van der Waals surface area contributed by atoms with E-state index in [1.807, 2.05) is 47.6 Å². The number of nitrogens with zero attached hydrogens (tertiary/aromatic N) is 7. The van der Waals surface area contributed by atoms with Gasteiger partial charge in [-0.2, -0.15) is 4.40 Å². The number of aromatic nitrogens is 6. The summed E-state index contributed by atoms with van der Waals surface area (Å²) in [6.07, 6.45) is -7.86. The Labute approximate surface area is 860 Å². The number of ether oxygens (including phenoxy) is 2. The number of pyridine rings is 6. The molecule has 6 heterocycles. The maximum atomic E-state index is 16.1. The second kappa shape index (κ2) is 54.6. The van der Waals surface area contributed by atoms with Crippen LogP contribution in [-0.2, 0) is 106 Å². The zero-order chi connectivity index (χ0) is 106. The third-order valence-electron chi connectivity index (χ3n) is 21.5. The lowest BCUT2D eigenvalue weighted by molar-refractivity contribution is -0.153. The van der Waals surface area contributed by atoms with Crippen LogP contribution in [0.15, 0.2) is 118 Å². The number of rotatable bonds is 35. The topological polar surface area (TPSA) is 319 Å². The van der Waals surface area contributed by atoms with E-state index >= 15 is 13.2 Å². The molecule has 0 aliphatic heterocycles. The molecule has 0 bridgehead atoms. The van der Waals surface area contributed by atoms with Crippen LogP contribution in [0.25, 0.3) is 0 Å². The first-order chi connectivity index (χ1) is 62.1. The van der Waals surface area contributed by atoms with Crippen molar-refractivity contribution in [1.82, 2.24) is 48.8 Å². The van der Waals surface area contributed by atoms with Crippen LogP contribution >= 0.6 is 95.6 Å². The molecule has 6 aromatic heterocycles. The fourth-order valence-electron chi connectivity index (χ4n) is 12.4. The Balaban J connectivity index is 0.000000825. The number of halogens is 17. The Morgan fingerprint density at radius 1 is 0.412 bits per heavy atom. The molecule has 768 valence electrons. The molecule has 0 radical (unpaired) electrons. The minimum atomic E-state index is -2.32. The second-order valence-corrected chi connectivity index (χ2v) is 62.0. The number of aldehydes is 1. The molecule has 6 aromatic rings. The van der Waals surface area contributed by atoms with E-state index in [-0.39, 0.29) is 68.7 Å². The molecule has 15 atom stereocenters. The van der Waals surface area contributed by atoms with E-state index in [0.717, 1.165) is 65.7 Å². The van der Waals surface area contributed by atoms with Gasteiger partial charge in [-0.05, 0) is 326 Å². The third kappa shape index (κ3) is 35.0. The monoisotopic (exact) mass is 2440 g/mol. The minimum absolute atomic E-state index is 0.0329. The standard InChI is InChI=1S/C21H35BrF2N2O3SSi.C17H28BrFN2OSSi.C15H21BrF2N2O3S.C14H19BrF2N2OS.C13H17BrF2N2O2S.C10H11BrF2N2/c1-9-29-19(27)17(24)21(8,26-30(28)20(5,6)7)18-16(23)14(13-15(22)25-18)31(10-2,11-3)12-4;1-8-24(9-2,10-3)13-11-14(18)20-16(15(13)19)12(4)21-23(22)17(5,6)7;1-6-23-13(21)11(18)15(5,20-24(22)14(2,3)4)12-9(17)7-8-10(16)19-12;1-6-10(17)14(5,19-21(20)13(2,3)4)12-9(16)7-8-11(15)18-12;1-12(2,3)21(20)18-13(4,9(16)7-19)11-8(15)5-6-10(14)17-11;1-3-7(13)10(2,14)9-6(12)4-5-8(11)15-9/h13,17,26H,9-12H2,1-8H3;11H,8-10H2,1-7H3;7-8,11,20H,6H2,1-5H3;6-8,10,19H,1H2,2-5H3;5-7,9,18H,1-4H3;3-5,7H,1,14H2,2H3/t17-,21-,30+;23-;11-,15-,24+;10-,14-,21+;9-,13-,21+;7-,10-/m010000/s1. The van der Waals surface area contributed by atoms with Crippen molar-refractivity contribution in [3.8, 4) is 0 Å². The number of hydrogen-bond donors (Lipinski definition) is 5. The van der Waals surface area contributed by atoms with Gasteiger partial charge in [0.25, 0.3) is 0 Å². The molecule has 136 heavy (non-hydrogen) atoms. The molecule has 6 N–H and O–H groups in total. The SMILES string of the molecule is C=C[C@H](F)[C@](C)(N)c1nc(Br)ccc1F.C=C[C@H](F)[C@](C)(N[S@](=O)C(C)(C)C)c1nc(Br)ccc1F.CC(C)(C)[S@@](=O)N[C@](C)(c1nc(Br)ccc1F)[C@@H](F)C=O.CCOC(=O)[C@H](F)[C@](C)(N[S@](=O)C(C)(C)C)c1nc(Br)cc([Si](CC)(CC)CC)c1F.CCOC(=O)[C@H](F)[C@](C)(N[S@](=O)C(C)(C)C)c1nc(Br)ccc1F.CC[Si](CC)(CC)c1cc(Br)nc(C(C)=N[S@](=O)C(C)(C)C)c1F. The van der Waals surface area contributed by atoms with Gasteiger partial charge >= 0.3 is 11.9 Å². The maximum absolute atomic E-state index is 16.1. The lowest BCUT2D eigenvalue weighted by Crippen LogP contribution is -2.57. The molecule has 0 aliphatic rings. The number of carbonyl (C=O) groups is 3. The van der Waals surface area contributed by atoms with Gasteiger partial charge in [0.15, 0.2) is 12.5 Å². The quantitative estimate of drug-likeness (QED) is 0.00469. The Bertz CT molecular complexity index is 5120. The van der Waals surface area contributed by atoms with Crippen LogP contribution < -0.4 is 35.0 Å². The lowest BCUT2D eigenvalue weighted by Gasteiger charge is -2.36. The van der Waals surface area contributed by atoms with Crippen molar-refractivity contribution < 1.29 is 93.2 Å². The molecule has 0 aromatic carbocycles. The van der Waals surface area contributed by atoms with E-state index in [2.05, 4.69) is 183 Å². The number of nitrogens with two attached hydrogens (primary N) is 1. The lowest BCUT2D eigenvalue weighted by atomic mass is 9.92. The highest BCUT2D eigenvalue weighted by Gasteiger charge is 2.52. The van der Waals surface area contributed by atoms with Crippen molar-refractivity contribution in [2.75, 3.05) is 13.2 Å². The smallest absolute Gasteiger partial charge is 0.343 e. The van der Waals surface area contributed by atoms with E-state index in [4.69, 9.17) is 15.2 Å². The number of nitrogens with one attached hydrogen (secondary N) is 4. The van der Waals surface area contributed by atoms with Crippen LogP contribution in [0.5, 0.6) is 0 Å². The van der Waals surface area contributed by atoms with Crippen LogP contribution in [0.1, 0.15) is 235 Å². The number of carbonyl (C=O) groups excluding carboxylic acids is 3. The number of alkyl halides is 5. The highest BCUT2D eigenvalue weighted by atomic mass is 79.9. The normalized spacial score (nSPS) is 16.7. The first-order valence-electron chi connectivity index (χ1n) is 42.9. The summed E-state index contributed by atoms with van der Waals surface area (Å²) >= 11 is 19.1. The van der Waals surface area contributed by atoms with E-state index in [9.17, 15) is 70.6 Å². The zero-order valence-corrected chi connectivity index (χ0v) is 97.8. The average molecular weight is 2450 g/mol. The molecule has 22 nitrogen and oxygen atoms in total. The molecule has 0 fully saturated rings. The van der Waals surface area contributed by atoms with Gasteiger partial charge in [0, 0.05) is 0 Å². The first kappa shape index (κ1) is 130. The van der Waals surface area contributed by atoms with Gasteiger partial charge in [0.1, 0.15) is 142 Å². The van der Waals surface area contributed by atoms with E-state index < -0.39 is 194 Å². The molecule has 0 spiro atoms. The molecule has 0 saturated carbocycles. The first-order valence-corrected chi connectivity index (χ1v) is 58.7. The van der Waals surface area contributed by atoms with Gasteiger partial charge < -0.3 is 20.0 Å². The fraction of sp³-hybridized carbons (Fsp3) is 0.578. The van der Waals surface area contributed by atoms with Gasteiger partial charge in [-0.1, -0.05) is 90.0 Å². The fourth-order valence-corrected chi connectivity index (χ4v) is 26.4. The van der Waals surface area contributed by atoms with Crippen LogP contribution in [0.3, 0.4) is 0 Å². The summed E-state index contributed by atoms with van der Waals surface area (Å²) in [6.45, 7) is 56.4. The van der Waals surface area contributed by atoms with E-state index in [0.29, 0.717) is 29.3 Å². The molecule has 0 unspecified atom stereocenters. The predicted octanol–water partition coefficient (Wildman–Crippen LogP) is 22.2. The molecule has 0 saturated heterocycles. The average Bonchev–Trinajstić information content (AvgIpc) is 0.742. The Hall–Kier alpha value is -4.25. The predicted molar refractivity (Wildman–Crippen MR) is 554 cm³/mol. The van der Waals surface area contributed by atoms with Crippen molar-refractivity contribution in [3.05, 3.63) is 183 Å². The maximum Gasteiger partial charge on any atom is 0.343 e. The van der Waals surface area contributed by atoms with Gasteiger partial charge in [-0.3, -0.25) is 0 Å². The summed E-state index contributed by atoms with van der Waals surface area (Å²) in [7, 11) is -12.5. The summed E-state index contributed by atoms with van der Waals surface area (Å²) in [5.41, 5.74) is -3.86. The van der Waals surface area contributed by atoms with Crippen molar-refractivity contribution in [2.45, 2.75) is 319 Å².